The highest BCUT2D eigenvalue weighted by Crippen LogP contribution is 2.29. The van der Waals surface area contributed by atoms with Crippen LogP contribution < -0.4 is 4.90 Å². The number of nitro groups is 1. The quantitative estimate of drug-likeness (QED) is 0.497. The Morgan fingerprint density at radius 3 is 1.92 bits per heavy atom. The summed E-state index contributed by atoms with van der Waals surface area (Å²) in [6, 6.07) is 24.0. The summed E-state index contributed by atoms with van der Waals surface area (Å²) in [5, 5.41) is 20.6. The van der Waals surface area contributed by atoms with E-state index in [0.29, 0.717) is 13.1 Å². The standard InChI is InChI=1S/C20H16N4O2/c21-13-18-11-12-19(24(25)26)20(22-18)23(14-16-7-3-1-4-8-16)15-17-9-5-2-6-10-17/h1-12H,14-15H2. The number of aromatic nitrogens is 1. The summed E-state index contributed by atoms with van der Waals surface area (Å²) in [5.41, 5.74) is 2.04. The number of hydrogen-bond acceptors (Lipinski definition) is 5. The van der Waals surface area contributed by atoms with Crippen LogP contribution in [-0.4, -0.2) is 9.91 Å². The summed E-state index contributed by atoms with van der Waals surface area (Å²) in [5.74, 6) is 0.196. The molecule has 0 saturated carbocycles. The molecule has 0 spiro atoms. The van der Waals surface area contributed by atoms with Gasteiger partial charge in [-0.25, -0.2) is 4.98 Å². The minimum absolute atomic E-state index is 0.115. The maximum atomic E-state index is 11.5. The second kappa shape index (κ2) is 7.90. The molecular formula is C20H16N4O2. The van der Waals surface area contributed by atoms with Crippen molar-refractivity contribution >= 4 is 11.5 Å². The van der Waals surface area contributed by atoms with Gasteiger partial charge < -0.3 is 4.90 Å². The molecule has 0 aliphatic carbocycles. The molecule has 0 amide bonds. The molecular weight excluding hydrogens is 328 g/mol. The lowest BCUT2D eigenvalue weighted by atomic mass is 10.1. The number of anilines is 1. The Morgan fingerprint density at radius 1 is 0.923 bits per heavy atom. The number of rotatable bonds is 6. The monoisotopic (exact) mass is 344 g/mol. The fourth-order valence-electron chi connectivity index (χ4n) is 2.69. The molecule has 128 valence electrons. The Balaban J connectivity index is 2.05. The minimum Gasteiger partial charge on any atom is -0.342 e. The minimum atomic E-state index is -0.466. The lowest BCUT2D eigenvalue weighted by molar-refractivity contribution is -0.384. The van der Waals surface area contributed by atoms with E-state index in [2.05, 4.69) is 4.98 Å². The lowest BCUT2D eigenvalue weighted by Gasteiger charge is -2.24. The first-order valence-electron chi connectivity index (χ1n) is 8.05. The molecule has 3 aromatic rings. The molecule has 0 unspecified atom stereocenters. The van der Waals surface area contributed by atoms with Crippen LogP contribution in [-0.2, 0) is 13.1 Å². The van der Waals surface area contributed by atoms with Crippen molar-refractivity contribution < 1.29 is 4.92 Å². The van der Waals surface area contributed by atoms with Crippen LogP contribution in [0.25, 0.3) is 0 Å². The molecule has 6 heteroatoms. The van der Waals surface area contributed by atoms with Gasteiger partial charge in [0, 0.05) is 19.2 Å². The van der Waals surface area contributed by atoms with Gasteiger partial charge in [-0.1, -0.05) is 60.7 Å². The summed E-state index contributed by atoms with van der Waals surface area (Å²) >= 11 is 0. The fraction of sp³-hybridized carbons (Fsp3) is 0.100. The highest BCUT2D eigenvalue weighted by atomic mass is 16.6. The van der Waals surface area contributed by atoms with Crippen molar-refractivity contribution in [3.8, 4) is 6.07 Å². The third-order valence-corrected chi connectivity index (χ3v) is 3.90. The van der Waals surface area contributed by atoms with E-state index in [0.717, 1.165) is 11.1 Å². The average Bonchev–Trinajstić information content (AvgIpc) is 2.68. The summed E-state index contributed by atoms with van der Waals surface area (Å²) in [7, 11) is 0. The zero-order valence-electron chi connectivity index (χ0n) is 13.9. The molecule has 0 radical (unpaired) electrons. The van der Waals surface area contributed by atoms with E-state index in [4.69, 9.17) is 5.26 Å². The molecule has 3 rings (SSSR count). The topological polar surface area (TPSA) is 83.1 Å². The van der Waals surface area contributed by atoms with Crippen molar-refractivity contribution in [1.82, 2.24) is 4.98 Å². The van der Waals surface area contributed by atoms with Crippen molar-refractivity contribution in [2.75, 3.05) is 4.90 Å². The van der Waals surface area contributed by atoms with Gasteiger partial charge in [-0.3, -0.25) is 10.1 Å². The van der Waals surface area contributed by atoms with Gasteiger partial charge in [0.2, 0.25) is 5.82 Å². The summed E-state index contributed by atoms with van der Waals surface area (Å²) in [6.07, 6.45) is 0. The van der Waals surface area contributed by atoms with E-state index in [9.17, 15) is 10.1 Å². The van der Waals surface area contributed by atoms with Gasteiger partial charge in [-0.15, -0.1) is 0 Å². The smallest absolute Gasteiger partial charge is 0.311 e. The van der Waals surface area contributed by atoms with Gasteiger partial charge in [0.15, 0.2) is 0 Å². The number of nitriles is 1. The highest BCUT2D eigenvalue weighted by Gasteiger charge is 2.22. The van der Waals surface area contributed by atoms with Crippen LogP contribution in [0.4, 0.5) is 11.5 Å². The Labute approximate surface area is 151 Å². The second-order valence-electron chi connectivity index (χ2n) is 5.74. The van der Waals surface area contributed by atoms with Crippen LogP contribution in [0.1, 0.15) is 16.8 Å². The van der Waals surface area contributed by atoms with Gasteiger partial charge in [0.25, 0.3) is 0 Å². The van der Waals surface area contributed by atoms with Crippen LogP contribution in [0.5, 0.6) is 0 Å². The summed E-state index contributed by atoms with van der Waals surface area (Å²) in [6.45, 7) is 0.886. The van der Waals surface area contributed by atoms with E-state index in [1.807, 2.05) is 71.6 Å². The van der Waals surface area contributed by atoms with Crippen LogP contribution >= 0.6 is 0 Å². The Morgan fingerprint density at radius 2 is 1.46 bits per heavy atom. The van der Waals surface area contributed by atoms with Gasteiger partial charge in [0.1, 0.15) is 11.8 Å². The van der Waals surface area contributed by atoms with E-state index in [1.165, 1.54) is 12.1 Å². The van der Waals surface area contributed by atoms with Gasteiger partial charge in [-0.2, -0.15) is 5.26 Å². The molecule has 1 heterocycles. The largest absolute Gasteiger partial charge is 0.342 e. The molecule has 0 aliphatic heterocycles. The van der Waals surface area contributed by atoms with Crippen molar-refractivity contribution in [2.45, 2.75) is 13.1 Å². The van der Waals surface area contributed by atoms with E-state index >= 15 is 0 Å². The number of benzene rings is 2. The Kier molecular flexibility index (Phi) is 5.20. The SMILES string of the molecule is N#Cc1ccc([N+](=O)[O-])c(N(Cc2ccccc2)Cc2ccccc2)n1. The first kappa shape index (κ1) is 17.1. The fourth-order valence-corrected chi connectivity index (χ4v) is 2.69. The number of pyridine rings is 1. The van der Waals surface area contributed by atoms with Gasteiger partial charge in [-0.05, 0) is 17.2 Å². The molecule has 0 bridgehead atoms. The molecule has 2 aromatic carbocycles. The zero-order chi connectivity index (χ0) is 18.4. The zero-order valence-corrected chi connectivity index (χ0v) is 13.9. The third kappa shape index (κ3) is 4.02. The molecule has 0 atom stereocenters. The maximum Gasteiger partial charge on any atom is 0.311 e. The predicted molar refractivity (Wildman–Crippen MR) is 98.4 cm³/mol. The van der Waals surface area contributed by atoms with Gasteiger partial charge in [0.05, 0.1) is 4.92 Å². The summed E-state index contributed by atoms with van der Waals surface area (Å²) < 4.78 is 0. The van der Waals surface area contributed by atoms with Gasteiger partial charge >= 0.3 is 5.69 Å². The third-order valence-electron chi connectivity index (χ3n) is 3.90. The lowest BCUT2D eigenvalue weighted by Crippen LogP contribution is -2.24. The Bertz CT molecular complexity index is 896. The van der Waals surface area contributed by atoms with Crippen LogP contribution in [0.15, 0.2) is 72.8 Å². The predicted octanol–water partition coefficient (Wildman–Crippen LogP) is 4.07. The molecule has 1 aromatic heterocycles. The molecule has 26 heavy (non-hydrogen) atoms. The number of nitrogens with zero attached hydrogens (tertiary/aromatic N) is 4. The van der Waals surface area contributed by atoms with E-state index < -0.39 is 4.92 Å². The maximum absolute atomic E-state index is 11.5. The first-order valence-corrected chi connectivity index (χ1v) is 8.05. The van der Waals surface area contributed by atoms with Crippen LogP contribution in [0, 0.1) is 21.4 Å². The number of hydrogen-bond donors (Lipinski definition) is 0. The molecule has 6 nitrogen and oxygen atoms in total. The van der Waals surface area contributed by atoms with Crippen LogP contribution in [0.3, 0.4) is 0 Å². The molecule has 0 aliphatic rings. The van der Waals surface area contributed by atoms with Crippen molar-refractivity contribution in [3.05, 3.63) is 99.7 Å². The molecule has 0 fully saturated rings. The van der Waals surface area contributed by atoms with E-state index in [-0.39, 0.29) is 17.2 Å². The Hall–Kier alpha value is -3.72. The molecule has 0 N–H and O–H groups in total. The van der Waals surface area contributed by atoms with E-state index in [1.54, 1.807) is 0 Å². The van der Waals surface area contributed by atoms with Crippen LogP contribution in [0.2, 0.25) is 0 Å². The van der Waals surface area contributed by atoms with Crippen molar-refractivity contribution in [1.29, 1.82) is 5.26 Å². The average molecular weight is 344 g/mol. The normalized spacial score (nSPS) is 10.1. The van der Waals surface area contributed by atoms with Crippen molar-refractivity contribution in [3.63, 3.8) is 0 Å². The second-order valence-corrected chi connectivity index (χ2v) is 5.74. The molecule has 0 saturated heterocycles. The first-order chi connectivity index (χ1) is 12.7. The highest BCUT2D eigenvalue weighted by molar-refractivity contribution is 5.59. The summed E-state index contributed by atoms with van der Waals surface area (Å²) in [4.78, 5) is 17.1. The van der Waals surface area contributed by atoms with Crippen molar-refractivity contribution in [2.24, 2.45) is 0 Å².